The van der Waals surface area contributed by atoms with Crippen molar-refractivity contribution in [3.63, 3.8) is 0 Å². The lowest BCUT2D eigenvalue weighted by Gasteiger charge is -2.31. The van der Waals surface area contributed by atoms with Crippen molar-refractivity contribution in [2.75, 3.05) is 7.05 Å². The van der Waals surface area contributed by atoms with Crippen molar-refractivity contribution in [3.8, 4) is 0 Å². The third-order valence-corrected chi connectivity index (χ3v) is 4.01. The molecule has 0 N–H and O–H groups in total. The summed E-state index contributed by atoms with van der Waals surface area (Å²) in [6, 6.07) is 0.534. The Morgan fingerprint density at radius 1 is 1.06 bits per heavy atom. The van der Waals surface area contributed by atoms with E-state index in [9.17, 15) is 4.79 Å². The summed E-state index contributed by atoms with van der Waals surface area (Å²) in [4.78, 5) is 14.0. The number of nitrogens with zero attached hydrogens (tertiary/aromatic N) is 1. The van der Waals surface area contributed by atoms with E-state index in [4.69, 9.17) is 0 Å². The number of unbranched alkanes of at least 4 members (excludes halogenated alkanes) is 4. The van der Waals surface area contributed by atoms with Crippen molar-refractivity contribution < 1.29 is 4.79 Å². The van der Waals surface area contributed by atoms with Crippen LogP contribution in [0.15, 0.2) is 0 Å². The van der Waals surface area contributed by atoms with E-state index in [1.807, 2.05) is 11.9 Å². The average Bonchev–Trinajstić information content (AvgIpc) is 2.38. The summed E-state index contributed by atoms with van der Waals surface area (Å²) in [5.41, 5.74) is 0. The molecule has 1 aliphatic carbocycles. The van der Waals surface area contributed by atoms with Gasteiger partial charge in [-0.05, 0) is 19.3 Å². The topological polar surface area (TPSA) is 20.3 Å². The molecule has 1 saturated carbocycles. The van der Waals surface area contributed by atoms with Gasteiger partial charge in [0.1, 0.15) is 0 Å². The molecule has 1 rings (SSSR count). The monoisotopic (exact) mass is 239 g/mol. The minimum Gasteiger partial charge on any atom is -0.343 e. The van der Waals surface area contributed by atoms with Gasteiger partial charge in [0.05, 0.1) is 0 Å². The summed E-state index contributed by atoms with van der Waals surface area (Å²) < 4.78 is 0. The Labute approximate surface area is 107 Å². The maximum atomic E-state index is 12.0. The van der Waals surface area contributed by atoms with Gasteiger partial charge >= 0.3 is 0 Å². The van der Waals surface area contributed by atoms with Crippen molar-refractivity contribution in [3.05, 3.63) is 0 Å². The zero-order chi connectivity index (χ0) is 12.5. The number of hydrogen-bond acceptors (Lipinski definition) is 1. The van der Waals surface area contributed by atoms with Gasteiger partial charge in [-0.2, -0.15) is 0 Å². The van der Waals surface area contributed by atoms with Crippen LogP contribution in [0.2, 0.25) is 0 Å². The van der Waals surface area contributed by atoms with Gasteiger partial charge in [-0.3, -0.25) is 4.79 Å². The summed E-state index contributed by atoms with van der Waals surface area (Å²) in [6.07, 6.45) is 13.3. The Kier molecular flexibility index (Phi) is 7.30. The van der Waals surface area contributed by atoms with E-state index in [1.54, 1.807) is 0 Å². The molecular weight excluding hydrogens is 210 g/mol. The molecule has 0 spiro atoms. The molecule has 0 bridgehead atoms. The Balaban J connectivity index is 2.13. The van der Waals surface area contributed by atoms with Crippen LogP contribution >= 0.6 is 0 Å². The molecule has 0 aromatic carbocycles. The first-order chi connectivity index (χ1) is 8.25. The molecule has 0 radical (unpaired) electrons. The van der Waals surface area contributed by atoms with Crippen LogP contribution in [0.1, 0.15) is 77.6 Å². The Bertz CT molecular complexity index is 209. The van der Waals surface area contributed by atoms with E-state index in [1.165, 1.54) is 57.8 Å². The van der Waals surface area contributed by atoms with Crippen LogP contribution < -0.4 is 0 Å². The lowest BCUT2D eigenvalue weighted by molar-refractivity contribution is -0.132. The van der Waals surface area contributed by atoms with E-state index >= 15 is 0 Å². The van der Waals surface area contributed by atoms with Gasteiger partial charge in [0.2, 0.25) is 5.91 Å². The maximum absolute atomic E-state index is 12.0. The highest BCUT2D eigenvalue weighted by Crippen LogP contribution is 2.22. The fourth-order valence-corrected chi connectivity index (χ4v) is 2.73. The van der Waals surface area contributed by atoms with E-state index < -0.39 is 0 Å². The molecule has 2 nitrogen and oxygen atoms in total. The summed E-state index contributed by atoms with van der Waals surface area (Å²) in [6.45, 7) is 2.22. The fraction of sp³-hybridized carbons (Fsp3) is 0.933. The summed E-state index contributed by atoms with van der Waals surface area (Å²) in [5, 5.41) is 0. The molecule has 0 atom stereocenters. The molecular formula is C15H29NO. The smallest absolute Gasteiger partial charge is 0.222 e. The van der Waals surface area contributed by atoms with Crippen molar-refractivity contribution in [1.29, 1.82) is 0 Å². The minimum absolute atomic E-state index is 0.369. The number of amides is 1. The van der Waals surface area contributed by atoms with Crippen LogP contribution in [0.3, 0.4) is 0 Å². The summed E-state index contributed by atoms with van der Waals surface area (Å²) in [5.74, 6) is 0.369. The standard InChI is InChI=1S/C15H29NO/c1-3-4-5-6-10-13-15(17)16(2)14-11-8-7-9-12-14/h14H,3-13H2,1-2H3. The van der Waals surface area contributed by atoms with Gasteiger partial charge in [0.25, 0.3) is 0 Å². The molecule has 0 heterocycles. The zero-order valence-corrected chi connectivity index (χ0v) is 11.7. The Hall–Kier alpha value is -0.530. The Morgan fingerprint density at radius 2 is 1.71 bits per heavy atom. The van der Waals surface area contributed by atoms with E-state index in [2.05, 4.69) is 6.92 Å². The van der Waals surface area contributed by atoms with Crippen molar-refractivity contribution >= 4 is 5.91 Å². The first-order valence-electron chi connectivity index (χ1n) is 7.51. The number of carbonyl (C=O) groups is 1. The van der Waals surface area contributed by atoms with Gasteiger partial charge in [0.15, 0.2) is 0 Å². The highest BCUT2D eigenvalue weighted by Gasteiger charge is 2.21. The van der Waals surface area contributed by atoms with Gasteiger partial charge in [-0.1, -0.05) is 51.9 Å². The molecule has 1 aliphatic rings. The lowest BCUT2D eigenvalue weighted by Crippen LogP contribution is -2.38. The maximum Gasteiger partial charge on any atom is 0.222 e. The highest BCUT2D eigenvalue weighted by molar-refractivity contribution is 5.76. The van der Waals surface area contributed by atoms with Crippen molar-refractivity contribution in [1.82, 2.24) is 4.90 Å². The van der Waals surface area contributed by atoms with Gasteiger partial charge < -0.3 is 4.90 Å². The first-order valence-corrected chi connectivity index (χ1v) is 7.51. The third-order valence-electron chi connectivity index (χ3n) is 4.01. The number of hydrogen-bond donors (Lipinski definition) is 0. The second-order valence-electron chi connectivity index (χ2n) is 5.46. The normalized spacial score (nSPS) is 17.1. The van der Waals surface area contributed by atoms with Crippen LogP contribution in [-0.2, 0) is 4.79 Å². The quantitative estimate of drug-likeness (QED) is 0.611. The number of rotatable bonds is 7. The van der Waals surface area contributed by atoms with Crippen molar-refractivity contribution in [2.45, 2.75) is 83.6 Å². The average molecular weight is 239 g/mol. The third kappa shape index (κ3) is 5.56. The molecule has 17 heavy (non-hydrogen) atoms. The molecule has 100 valence electrons. The molecule has 1 amide bonds. The highest BCUT2D eigenvalue weighted by atomic mass is 16.2. The Morgan fingerprint density at radius 3 is 2.35 bits per heavy atom. The minimum atomic E-state index is 0.369. The van der Waals surface area contributed by atoms with Gasteiger partial charge in [0, 0.05) is 19.5 Å². The molecule has 0 saturated heterocycles. The molecule has 2 heteroatoms. The van der Waals surface area contributed by atoms with Gasteiger partial charge in [-0.15, -0.1) is 0 Å². The van der Waals surface area contributed by atoms with Crippen LogP contribution in [-0.4, -0.2) is 23.9 Å². The molecule has 1 fully saturated rings. The summed E-state index contributed by atoms with van der Waals surface area (Å²) >= 11 is 0. The van der Waals surface area contributed by atoms with E-state index in [0.29, 0.717) is 11.9 Å². The SMILES string of the molecule is CCCCCCCC(=O)N(C)C1CCCCC1. The fourth-order valence-electron chi connectivity index (χ4n) is 2.73. The van der Waals surface area contributed by atoms with E-state index in [-0.39, 0.29) is 0 Å². The van der Waals surface area contributed by atoms with Crippen LogP contribution in [0.5, 0.6) is 0 Å². The predicted octanol–water partition coefficient (Wildman–Crippen LogP) is 4.14. The predicted molar refractivity (Wildman–Crippen MR) is 73.0 cm³/mol. The van der Waals surface area contributed by atoms with Crippen LogP contribution in [0.25, 0.3) is 0 Å². The van der Waals surface area contributed by atoms with Gasteiger partial charge in [-0.25, -0.2) is 0 Å². The zero-order valence-electron chi connectivity index (χ0n) is 11.7. The molecule has 0 unspecified atom stereocenters. The number of carbonyl (C=O) groups excluding carboxylic acids is 1. The van der Waals surface area contributed by atoms with Crippen LogP contribution in [0.4, 0.5) is 0 Å². The van der Waals surface area contributed by atoms with E-state index in [0.717, 1.165) is 12.8 Å². The molecule has 0 aromatic heterocycles. The lowest BCUT2D eigenvalue weighted by atomic mass is 9.94. The molecule has 0 aromatic rings. The second kappa shape index (κ2) is 8.54. The first kappa shape index (κ1) is 14.5. The summed E-state index contributed by atoms with van der Waals surface area (Å²) in [7, 11) is 2.00. The largest absolute Gasteiger partial charge is 0.343 e. The molecule has 0 aliphatic heterocycles. The van der Waals surface area contributed by atoms with Crippen molar-refractivity contribution in [2.24, 2.45) is 0 Å². The second-order valence-corrected chi connectivity index (χ2v) is 5.46. The van der Waals surface area contributed by atoms with Crippen LogP contribution in [0, 0.1) is 0 Å².